The molecule has 0 aliphatic rings. The van der Waals surface area contributed by atoms with Crippen molar-refractivity contribution in [3.8, 4) is 0 Å². The second kappa shape index (κ2) is 8.21. The lowest BCUT2D eigenvalue weighted by molar-refractivity contribution is 0.297. The molecule has 0 saturated heterocycles. The highest BCUT2D eigenvalue weighted by atomic mass is 79.9. The third-order valence-corrected chi connectivity index (χ3v) is 4.69. The second-order valence-corrected chi connectivity index (χ2v) is 5.80. The molecule has 1 rings (SSSR count). The fraction of sp³-hybridized carbons (Fsp3) is 0.667. The van der Waals surface area contributed by atoms with E-state index in [1.807, 2.05) is 0 Å². The van der Waals surface area contributed by atoms with Crippen LogP contribution in [0, 0.1) is 0 Å². The van der Waals surface area contributed by atoms with Crippen LogP contribution in [0.2, 0.25) is 0 Å². The van der Waals surface area contributed by atoms with Crippen LogP contribution in [0.5, 0.6) is 0 Å². The minimum atomic E-state index is 0.280. The molecule has 17 heavy (non-hydrogen) atoms. The fourth-order valence-corrected chi connectivity index (χ4v) is 3.28. The first kappa shape index (κ1) is 15.1. The molecule has 3 nitrogen and oxygen atoms in total. The zero-order valence-corrected chi connectivity index (χ0v) is 13.0. The molecule has 1 unspecified atom stereocenters. The first-order valence-electron chi connectivity index (χ1n) is 6.11. The Bertz CT molecular complexity index is 312. The summed E-state index contributed by atoms with van der Waals surface area (Å²) in [4.78, 5) is 3.71. The van der Waals surface area contributed by atoms with E-state index in [-0.39, 0.29) is 6.04 Å². The molecule has 5 heteroatoms. The number of nitrogens with two attached hydrogens (primary N) is 1. The van der Waals surface area contributed by atoms with Crippen LogP contribution in [0.4, 0.5) is 0 Å². The Hall–Kier alpha value is 0.0600. The van der Waals surface area contributed by atoms with Crippen LogP contribution in [0.25, 0.3) is 0 Å². The molecule has 0 aliphatic carbocycles. The van der Waals surface area contributed by atoms with Gasteiger partial charge in [-0.3, -0.25) is 0 Å². The Kier molecular flexibility index (Phi) is 7.30. The van der Waals surface area contributed by atoms with E-state index in [4.69, 9.17) is 5.73 Å². The van der Waals surface area contributed by atoms with E-state index in [0.29, 0.717) is 6.54 Å². The number of hydrogen-bond donors (Lipinski definition) is 2. The molecule has 0 spiro atoms. The van der Waals surface area contributed by atoms with Gasteiger partial charge in [-0.2, -0.15) is 0 Å². The van der Waals surface area contributed by atoms with Crippen LogP contribution >= 0.6 is 27.3 Å². The number of nitrogens with one attached hydrogen (secondary N) is 1. The van der Waals surface area contributed by atoms with Crippen molar-refractivity contribution in [1.29, 1.82) is 0 Å². The van der Waals surface area contributed by atoms with Crippen LogP contribution in [-0.4, -0.2) is 37.6 Å². The number of halogens is 1. The molecule has 0 aliphatic heterocycles. The number of likely N-dealkylation sites (N-methyl/N-ethyl adjacent to an activating group) is 1. The fourth-order valence-electron chi connectivity index (χ4n) is 1.75. The first-order valence-corrected chi connectivity index (χ1v) is 7.78. The van der Waals surface area contributed by atoms with Gasteiger partial charge < -0.3 is 16.0 Å². The summed E-state index contributed by atoms with van der Waals surface area (Å²) in [5.41, 5.74) is 5.81. The molecule has 98 valence electrons. The summed E-state index contributed by atoms with van der Waals surface area (Å²) < 4.78 is 1.14. The smallest absolute Gasteiger partial charge is 0.0540 e. The highest BCUT2D eigenvalue weighted by Gasteiger charge is 2.11. The predicted molar refractivity (Wildman–Crippen MR) is 79.6 cm³/mol. The molecule has 0 fully saturated rings. The summed E-state index contributed by atoms with van der Waals surface area (Å²) in [6.45, 7) is 9.31. The van der Waals surface area contributed by atoms with Gasteiger partial charge in [0.1, 0.15) is 0 Å². The number of nitrogens with zero attached hydrogens (tertiary/aromatic N) is 1. The highest BCUT2D eigenvalue weighted by Crippen LogP contribution is 2.24. The summed E-state index contributed by atoms with van der Waals surface area (Å²) in [6.07, 6.45) is 0. The van der Waals surface area contributed by atoms with Gasteiger partial charge in [0.2, 0.25) is 0 Å². The molecule has 1 heterocycles. The molecule has 1 aromatic rings. The Balaban J connectivity index is 2.38. The van der Waals surface area contributed by atoms with Crippen LogP contribution in [0.3, 0.4) is 0 Å². The SMILES string of the molecule is CCN(CC)CCNC(CN)c1cc(Br)cs1. The van der Waals surface area contributed by atoms with E-state index < -0.39 is 0 Å². The van der Waals surface area contributed by atoms with E-state index in [1.165, 1.54) is 4.88 Å². The molecule has 1 atom stereocenters. The summed E-state index contributed by atoms with van der Waals surface area (Å²) >= 11 is 5.23. The quantitative estimate of drug-likeness (QED) is 0.773. The van der Waals surface area contributed by atoms with E-state index in [1.54, 1.807) is 11.3 Å². The average Bonchev–Trinajstić information content (AvgIpc) is 2.76. The molecule has 3 N–H and O–H groups in total. The molecule has 0 aromatic carbocycles. The van der Waals surface area contributed by atoms with E-state index in [9.17, 15) is 0 Å². The van der Waals surface area contributed by atoms with Gasteiger partial charge in [-0.25, -0.2) is 0 Å². The number of hydrogen-bond acceptors (Lipinski definition) is 4. The maximum absolute atomic E-state index is 5.81. The first-order chi connectivity index (χ1) is 8.21. The van der Waals surface area contributed by atoms with Crippen LogP contribution in [-0.2, 0) is 0 Å². The number of rotatable bonds is 8. The summed E-state index contributed by atoms with van der Waals surface area (Å²) in [6, 6.07) is 2.42. The van der Waals surface area contributed by atoms with E-state index >= 15 is 0 Å². The molecule has 0 amide bonds. The average molecular weight is 320 g/mol. The van der Waals surface area contributed by atoms with Crippen molar-refractivity contribution in [1.82, 2.24) is 10.2 Å². The Morgan fingerprint density at radius 2 is 2.18 bits per heavy atom. The van der Waals surface area contributed by atoms with Gasteiger partial charge in [0.15, 0.2) is 0 Å². The summed E-state index contributed by atoms with van der Waals surface area (Å²) in [5, 5.41) is 5.62. The van der Waals surface area contributed by atoms with E-state index in [2.05, 4.69) is 51.4 Å². The van der Waals surface area contributed by atoms with Gasteiger partial charge in [0.05, 0.1) is 6.04 Å². The lowest BCUT2D eigenvalue weighted by Gasteiger charge is -2.21. The molecule has 0 saturated carbocycles. The van der Waals surface area contributed by atoms with Crippen molar-refractivity contribution in [3.63, 3.8) is 0 Å². The molecular formula is C12H22BrN3S. The van der Waals surface area contributed by atoms with Crippen molar-refractivity contribution in [2.24, 2.45) is 5.73 Å². The maximum Gasteiger partial charge on any atom is 0.0540 e. The Morgan fingerprint density at radius 3 is 2.65 bits per heavy atom. The molecule has 0 radical (unpaired) electrons. The van der Waals surface area contributed by atoms with Crippen LogP contribution in [0.1, 0.15) is 24.8 Å². The zero-order chi connectivity index (χ0) is 12.7. The van der Waals surface area contributed by atoms with Gasteiger partial charge in [-0.15, -0.1) is 11.3 Å². The zero-order valence-electron chi connectivity index (χ0n) is 10.6. The third-order valence-electron chi connectivity index (χ3n) is 2.88. The highest BCUT2D eigenvalue weighted by molar-refractivity contribution is 9.10. The van der Waals surface area contributed by atoms with Gasteiger partial charge in [-0.1, -0.05) is 13.8 Å². The number of thiophene rings is 1. The third kappa shape index (κ3) is 5.06. The Morgan fingerprint density at radius 1 is 1.47 bits per heavy atom. The second-order valence-electron chi connectivity index (χ2n) is 3.94. The minimum absolute atomic E-state index is 0.280. The topological polar surface area (TPSA) is 41.3 Å². The Labute approximate surface area is 117 Å². The summed E-state index contributed by atoms with van der Waals surface area (Å²) in [5.74, 6) is 0. The van der Waals surface area contributed by atoms with Crippen LogP contribution < -0.4 is 11.1 Å². The molecule has 1 aromatic heterocycles. The van der Waals surface area contributed by atoms with Crippen molar-refractivity contribution in [3.05, 3.63) is 20.8 Å². The van der Waals surface area contributed by atoms with Gasteiger partial charge in [0, 0.05) is 34.4 Å². The van der Waals surface area contributed by atoms with Gasteiger partial charge >= 0.3 is 0 Å². The van der Waals surface area contributed by atoms with Gasteiger partial charge in [0.25, 0.3) is 0 Å². The van der Waals surface area contributed by atoms with Crippen molar-refractivity contribution >= 4 is 27.3 Å². The molecule has 0 bridgehead atoms. The minimum Gasteiger partial charge on any atom is -0.329 e. The maximum atomic E-state index is 5.81. The predicted octanol–water partition coefficient (Wildman–Crippen LogP) is 2.44. The summed E-state index contributed by atoms with van der Waals surface area (Å²) in [7, 11) is 0. The molecular weight excluding hydrogens is 298 g/mol. The van der Waals surface area contributed by atoms with Crippen LogP contribution in [0.15, 0.2) is 15.9 Å². The van der Waals surface area contributed by atoms with Crippen molar-refractivity contribution in [2.75, 3.05) is 32.7 Å². The lowest BCUT2D eigenvalue weighted by atomic mass is 10.2. The van der Waals surface area contributed by atoms with Crippen molar-refractivity contribution < 1.29 is 0 Å². The van der Waals surface area contributed by atoms with Crippen molar-refractivity contribution in [2.45, 2.75) is 19.9 Å². The van der Waals surface area contributed by atoms with Gasteiger partial charge in [-0.05, 0) is 35.1 Å². The van der Waals surface area contributed by atoms with E-state index in [0.717, 1.165) is 30.7 Å². The monoisotopic (exact) mass is 319 g/mol. The lowest BCUT2D eigenvalue weighted by Crippen LogP contribution is -2.35. The standard InChI is InChI=1S/C12H22BrN3S/c1-3-16(4-2)6-5-15-11(8-14)12-7-10(13)9-17-12/h7,9,11,15H,3-6,8,14H2,1-2H3. The largest absolute Gasteiger partial charge is 0.329 e. The normalized spacial score (nSPS) is 13.2.